The lowest BCUT2D eigenvalue weighted by molar-refractivity contribution is -0.186. The van der Waals surface area contributed by atoms with Gasteiger partial charge in [0, 0.05) is 36.6 Å². The van der Waals surface area contributed by atoms with E-state index >= 15 is 0 Å². The van der Waals surface area contributed by atoms with Crippen LogP contribution in [-0.2, 0) is 28.7 Å². The molecule has 7 nitrogen and oxygen atoms in total. The number of ketones is 1. The van der Waals surface area contributed by atoms with Crippen molar-refractivity contribution in [2.75, 3.05) is 14.2 Å². The number of carbonyl (C=O) groups is 3. The van der Waals surface area contributed by atoms with Crippen LogP contribution in [0.15, 0.2) is 11.6 Å². The maximum atomic E-state index is 13.6. The second-order valence-electron chi connectivity index (χ2n) is 11.5. The second kappa shape index (κ2) is 6.23. The maximum Gasteiger partial charge on any atom is 0.306 e. The molecule has 8 atom stereocenters. The normalized spacial score (nSPS) is 50.7. The molecule has 2 aliphatic heterocycles. The highest BCUT2D eigenvalue weighted by molar-refractivity contribution is 5.92. The summed E-state index contributed by atoms with van der Waals surface area (Å²) in [6, 6.07) is 0. The van der Waals surface area contributed by atoms with Crippen LogP contribution in [0.25, 0.3) is 0 Å². The third-order valence-corrected chi connectivity index (χ3v) is 10.6. The van der Waals surface area contributed by atoms with Crippen molar-refractivity contribution in [3.8, 4) is 0 Å². The minimum Gasteiger partial charge on any atom is -0.458 e. The number of hydrogen-bond acceptors (Lipinski definition) is 6. The molecule has 32 heavy (non-hydrogen) atoms. The molecule has 7 heteroatoms. The van der Waals surface area contributed by atoms with E-state index in [0.29, 0.717) is 19.3 Å². The molecular weight excluding hydrogens is 410 g/mol. The van der Waals surface area contributed by atoms with Crippen molar-refractivity contribution >= 4 is 17.7 Å². The molecule has 0 N–H and O–H groups in total. The molecule has 174 valence electrons. The zero-order valence-electron chi connectivity index (χ0n) is 19.4. The Morgan fingerprint density at radius 3 is 2.66 bits per heavy atom. The van der Waals surface area contributed by atoms with Gasteiger partial charge in [0.25, 0.3) is 0 Å². The maximum absolute atomic E-state index is 13.6. The van der Waals surface area contributed by atoms with Crippen molar-refractivity contribution in [1.82, 2.24) is 5.06 Å². The smallest absolute Gasteiger partial charge is 0.306 e. The zero-order valence-corrected chi connectivity index (χ0v) is 19.4. The van der Waals surface area contributed by atoms with Crippen molar-refractivity contribution < 1.29 is 28.7 Å². The molecule has 0 radical (unpaired) electrons. The van der Waals surface area contributed by atoms with Gasteiger partial charge in [0.2, 0.25) is 5.91 Å². The Bertz CT molecular complexity index is 960. The Morgan fingerprint density at radius 1 is 1.19 bits per heavy atom. The van der Waals surface area contributed by atoms with Crippen molar-refractivity contribution in [3.63, 3.8) is 0 Å². The third kappa shape index (κ3) is 2.22. The number of hydrogen-bond donors (Lipinski definition) is 0. The van der Waals surface area contributed by atoms with Crippen molar-refractivity contribution in [2.45, 2.75) is 82.5 Å². The minimum absolute atomic E-state index is 0.0189. The fourth-order valence-corrected chi connectivity index (χ4v) is 8.87. The fourth-order valence-electron chi connectivity index (χ4n) is 8.87. The molecular formula is C25H33NO6. The van der Waals surface area contributed by atoms with E-state index in [9.17, 15) is 14.4 Å². The quantitative estimate of drug-likeness (QED) is 0.371. The first-order valence-electron chi connectivity index (χ1n) is 12.1. The number of nitrogens with zero attached hydrogens (tertiary/aromatic N) is 1. The van der Waals surface area contributed by atoms with Gasteiger partial charge in [-0.1, -0.05) is 19.4 Å². The van der Waals surface area contributed by atoms with E-state index in [0.717, 1.165) is 37.7 Å². The molecule has 0 aromatic heterocycles. The van der Waals surface area contributed by atoms with E-state index in [1.54, 1.807) is 13.1 Å². The number of carbonyl (C=O) groups excluding carboxylic acids is 3. The van der Waals surface area contributed by atoms with E-state index in [2.05, 4.69) is 13.8 Å². The van der Waals surface area contributed by atoms with Gasteiger partial charge in [-0.2, -0.15) is 0 Å². The Morgan fingerprint density at radius 2 is 1.97 bits per heavy atom. The highest BCUT2D eigenvalue weighted by Crippen LogP contribution is 2.78. The molecule has 2 unspecified atom stereocenters. The lowest BCUT2D eigenvalue weighted by atomic mass is 9.43. The highest BCUT2D eigenvalue weighted by Gasteiger charge is 2.83. The Kier molecular flexibility index (Phi) is 4.06. The number of epoxide rings is 1. The van der Waals surface area contributed by atoms with E-state index in [1.807, 2.05) is 0 Å². The molecule has 1 amide bonds. The molecule has 0 aromatic carbocycles. The van der Waals surface area contributed by atoms with Crippen molar-refractivity contribution in [2.24, 2.45) is 28.6 Å². The van der Waals surface area contributed by atoms with Gasteiger partial charge in [-0.05, 0) is 50.5 Å². The van der Waals surface area contributed by atoms with Crippen molar-refractivity contribution in [3.05, 3.63) is 11.6 Å². The van der Waals surface area contributed by atoms with Gasteiger partial charge < -0.3 is 9.47 Å². The summed E-state index contributed by atoms with van der Waals surface area (Å²) in [7, 11) is 3.17. The second-order valence-corrected chi connectivity index (χ2v) is 11.5. The highest BCUT2D eigenvalue weighted by atomic mass is 16.7. The van der Waals surface area contributed by atoms with Gasteiger partial charge in [-0.15, -0.1) is 0 Å². The average Bonchev–Trinajstić information content (AvgIpc) is 3.25. The first kappa shape index (κ1) is 20.8. The van der Waals surface area contributed by atoms with Crippen LogP contribution in [-0.4, -0.2) is 54.2 Å². The summed E-state index contributed by atoms with van der Waals surface area (Å²) < 4.78 is 12.8. The summed E-state index contributed by atoms with van der Waals surface area (Å²) in [5, 5.41) is 1.33. The molecule has 4 aliphatic carbocycles. The Balaban J connectivity index is 1.49. The molecule has 3 saturated carbocycles. The van der Waals surface area contributed by atoms with Gasteiger partial charge in [0.05, 0.1) is 19.1 Å². The number of rotatable bonds is 2. The van der Waals surface area contributed by atoms with Crippen LogP contribution in [0.2, 0.25) is 0 Å². The molecule has 6 aliphatic rings. The van der Waals surface area contributed by atoms with E-state index in [-0.39, 0.29) is 52.3 Å². The molecule has 2 heterocycles. The monoisotopic (exact) mass is 443 g/mol. The van der Waals surface area contributed by atoms with Crippen LogP contribution in [0.4, 0.5) is 0 Å². The molecule has 0 bridgehead atoms. The SMILES string of the molecule is CON(C)C(=O)[C@@H]1CC2=CC(=O)CC[C@]2(C)[C@@]23O[C@@H]2C[C@@]2(C)C(CC[C@@]24CCC(=O)O4)C13. The summed E-state index contributed by atoms with van der Waals surface area (Å²) in [6.45, 7) is 4.52. The Labute approximate surface area is 188 Å². The van der Waals surface area contributed by atoms with Gasteiger partial charge in [-0.25, -0.2) is 5.06 Å². The predicted octanol–water partition coefficient (Wildman–Crippen LogP) is 2.97. The largest absolute Gasteiger partial charge is 0.458 e. The lowest BCUT2D eigenvalue weighted by Crippen LogP contribution is -2.64. The fraction of sp³-hybridized carbons (Fsp3) is 0.800. The van der Waals surface area contributed by atoms with E-state index in [1.165, 1.54) is 12.2 Å². The van der Waals surface area contributed by atoms with Gasteiger partial charge >= 0.3 is 5.97 Å². The predicted molar refractivity (Wildman–Crippen MR) is 113 cm³/mol. The minimum atomic E-state index is -0.437. The number of esters is 1. The topological polar surface area (TPSA) is 85.4 Å². The Hall–Kier alpha value is -1.73. The van der Waals surface area contributed by atoms with Gasteiger partial charge in [0.15, 0.2) is 5.78 Å². The van der Waals surface area contributed by atoms with E-state index < -0.39 is 11.2 Å². The molecule has 2 saturated heterocycles. The third-order valence-electron chi connectivity index (χ3n) is 10.6. The summed E-state index contributed by atoms with van der Waals surface area (Å²) >= 11 is 0. The van der Waals surface area contributed by atoms with Gasteiger partial charge in [-0.3, -0.25) is 19.2 Å². The summed E-state index contributed by atoms with van der Waals surface area (Å²) in [5.74, 6) is -0.0755. The number of fused-ring (bicyclic) bond motifs is 4. The number of ether oxygens (including phenoxy) is 2. The van der Waals surface area contributed by atoms with Crippen molar-refractivity contribution in [1.29, 1.82) is 0 Å². The van der Waals surface area contributed by atoms with Crippen LogP contribution in [0, 0.1) is 28.6 Å². The van der Waals surface area contributed by atoms with Crippen LogP contribution < -0.4 is 0 Å². The molecule has 5 fully saturated rings. The summed E-state index contributed by atoms with van der Waals surface area (Å²) in [5.41, 5.74) is -0.236. The molecule has 2 spiro atoms. The number of amides is 1. The summed E-state index contributed by atoms with van der Waals surface area (Å²) in [4.78, 5) is 43.5. The summed E-state index contributed by atoms with van der Waals surface area (Å²) in [6.07, 6.45) is 7.56. The van der Waals surface area contributed by atoms with E-state index in [4.69, 9.17) is 14.3 Å². The van der Waals surface area contributed by atoms with Gasteiger partial charge in [0.1, 0.15) is 11.2 Å². The number of hydroxylamine groups is 2. The molecule has 0 aromatic rings. The van der Waals surface area contributed by atoms with Crippen LogP contribution >= 0.6 is 0 Å². The zero-order chi connectivity index (χ0) is 22.7. The first-order chi connectivity index (χ1) is 15.1. The van der Waals surface area contributed by atoms with Crippen LogP contribution in [0.1, 0.15) is 65.2 Å². The first-order valence-corrected chi connectivity index (χ1v) is 12.1. The standard InChI is InChI=1S/C25H33NO6/c1-22-8-5-15(27)11-14(22)12-16(21(29)26(3)30-4)20-17-6-9-24(10-7-19(28)32-24)23(17,2)13-18-25(20,22)31-18/h11,16-18,20H,5-10,12-13H2,1-4H3/t16-,17?,18-,20?,22+,23+,24-,25-/m1/s1. The lowest BCUT2D eigenvalue weighted by Gasteiger charge is -2.58. The molecule has 6 rings (SSSR count). The van der Waals surface area contributed by atoms with Crippen LogP contribution in [0.3, 0.4) is 0 Å². The van der Waals surface area contributed by atoms with Crippen LogP contribution in [0.5, 0.6) is 0 Å². The average molecular weight is 444 g/mol.